The molecule has 0 aliphatic rings. The van der Waals surface area contributed by atoms with Gasteiger partial charge in [-0.25, -0.2) is 4.98 Å². The van der Waals surface area contributed by atoms with Crippen LogP contribution in [0.25, 0.3) is 0 Å². The van der Waals surface area contributed by atoms with Crippen LogP contribution in [0.15, 0.2) is 12.3 Å². The summed E-state index contributed by atoms with van der Waals surface area (Å²) in [6.07, 6.45) is 1.98. The van der Waals surface area contributed by atoms with E-state index in [9.17, 15) is 10.1 Å². The lowest BCUT2D eigenvalue weighted by atomic mass is 10.2. The zero-order valence-electron chi connectivity index (χ0n) is 9.30. The SMILES string of the molecule is CCC(CO)Nc1cc(C)c([N+](=O)[O-])cn1. The van der Waals surface area contributed by atoms with Gasteiger partial charge in [-0.3, -0.25) is 10.1 Å². The Morgan fingerprint density at radius 1 is 1.69 bits per heavy atom. The summed E-state index contributed by atoms with van der Waals surface area (Å²) in [5.74, 6) is 0.545. The predicted molar refractivity (Wildman–Crippen MR) is 60.4 cm³/mol. The van der Waals surface area contributed by atoms with E-state index < -0.39 is 4.92 Å². The first-order valence-corrected chi connectivity index (χ1v) is 5.07. The van der Waals surface area contributed by atoms with Crippen molar-refractivity contribution < 1.29 is 10.0 Å². The van der Waals surface area contributed by atoms with E-state index in [1.807, 2.05) is 6.92 Å². The Kier molecular flexibility index (Phi) is 4.19. The summed E-state index contributed by atoms with van der Waals surface area (Å²) in [4.78, 5) is 14.0. The van der Waals surface area contributed by atoms with Crippen molar-refractivity contribution in [2.24, 2.45) is 0 Å². The van der Waals surface area contributed by atoms with Crippen molar-refractivity contribution in [1.29, 1.82) is 0 Å². The minimum absolute atomic E-state index is 0.00240. The number of nitro groups is 1. The molecule has 0 spiro atoms. The third-order valence-corrected chi connectivity index (χ3v) is 2.35. The van der Waals surface area contributed by atoms with Crippen LogP contribution in [0.3, 0.4) is 0 Å². The van der Waals surface area contributed by atoms with Gasteiger partial charge >= 0.3 is 0 Å². The van der Waals surface area contributed by atoms with Gasteiger partial charge < -0.3 is 10.4 Å². The molecule has 1 unspecified atom stereocenters. The van der Waals surface area contributed by atoms with Crippen LogP contribution >= 0.6 is 0 Å². The maximum Gasteiger partial charge on any atom is 0.290 e. The monoisotopic (exact) mass is 225 g/mol. The lowest BCUT2D eigenvalue weighted by molar-refractivity contribution is -0.385. The highest BCUT2D eigenvalue weighted by atomic mass is 16.6. The Bertz CT molecular complexity index is 378. The second kappa shape index (κ2) is 5.41. The number of aliphatic hydroxyl groups is 1. The number of rotatable bonds is 5. The second-order valence-corrected chi connectivity index (χ2v) is 3.55. The molecule has 0 fully saturated rings. The Balaban J connectivity index is 2.84. The van der Waals surface area contributed by atoms with Gasteiger partial charge in [-0.2, -0.15) is 0 Å². The van der Waals surface area contributed by atoms with Crippen LogP contribution in [0, 0.1) is 17.0 Å². The minimum Gasteiger partial charge on any atom is -0.394 e. The first kappa shape index (κ1) is 12.4. The van der Waals surface area contributed by atoms with Crippen LogP contribution in [-0.2, 0) is 0 Å². The first-order valence-electron chi connectivity index (χ1n) is 5.07. The second-order valence-electron chi connectivity index (χ2n) is 3.55. The molecule has 1 aromatic rings. The number of aromatic nitrogens is 1. The molecule has 0 aliphatic carbocycles. The zero-order valence-corrected chi connectivity index (χ0v) is 9.30. The van der Waals surface area contributed by atoms with Gasteiger partial charge in [0.1, 0.15) is 12.0 Å². The Hall–Kier alpha value is -1.69. The lowest BCUT2D eigenvalue weighted by Crippen LogP contribution is -2.23. The van der Waals surface area contributed by atoms with Gasteiger partial charge in [0, 0.05) is 5.56 Å². The number of pyridine rings is 1. The molecule has 0 radical (unpaired) electrons. The van der Waals surface area contributed by atoms with E-state index in [-0.39, 0.29) is 18.3 Å². The molecule has 6 heteroatoms. The number of nitrogens with one attached hydrogen (secondary N) is 1. The van der Waals surface area contributed by atoms with E-state index in [1.165, 1.54) is 6.20 Å². The van der Waals surface area contributed by atoms with Crippen molar-refractivity contribution in [2.45, 2.75) is 26.3 Å². The number of hydrogen-bond acceptors (Lipinski definition) is 5. The van der Waals surface area contributed by atoms with Crippen molar-refractivity contribution in [3.63, 3.8) is 0 Å². The summed E-state index contributed by atoms with van der Waals surface area (Å²) in [6, 6.07) is 1.53. The highest BCUT2D eigenvalue weighted by Crippen LogP contribution is 2.19. The van der Waals surface area contributed by atoms with Gasteiger partial charge in [-0.15, -0.1) is 0 Å². The lowest BCUT2D eigenvalue weighted by Gasteiger charge is -2.14. The van der Waals surface area contributed by atoms with Crippen molar-refractivity contribution in [3.8, 4) is 0 Å². The molecule has 1 heterocycles. The highest BCUT2D eigenvalue weighted by molar-refractivity contribution is 5.47. The van der Waals surface area contributed by atoms with Gasteiger partial charge in [0.25, 0.3) is 5.69 Å². The molecule has 6 nitrogen and oxygen atoms in total. The molecule has 0 saturated carbocycles. The average molecular weight is 225 g/mol. The van der Waals surface area contributed by atoms with Crippen LogP contribution in [0.2, 0.25) is 0 Å². The molecule has 1 rings (SSSR count). The van der Waals surface area contributed by atoms with E-state index >= 15 is 0 Å². The van der Waals surface area contributed by atoms with Crippen LogP contribution in [0.1, 0.15) is 18.9 Å². The van der Waals surface area contributed by atoms with E-state index in [0.29, 0.717) is 11.4 Å². The molecule has 0 bridgehead atoms. The van der Waals surface area contributed by atoms with Crippen LogP contribution in [-0.4, -0.2) is 27.7 Å². The third kappa shape index (κ3) is 2.90. The molecule has 16 heavy (non-hydrogen) atoms. The van der Waals surface area contributed by atoms with Gasteiger partial charge in [0.2, 0.25) is 0 Å². The molecule has 0 saturated heterocycles. The molecule has 0 aromatic carbocycles. The number of hydrogen-bond donors (Lipinski definition) is 2. The van der Waals surface area contributed by atoms with Gasteiger partial charge in [0.05, 0.1) is 17.6 Å². The molecule has 0 aliphatic heterocycles. The van der Waals surface area contributed by atoms with E-state index in [4.69, 9.17) is 5.11 Å². The molecule has 88 valence electrons. The van der Waals surface area contributed by atoms with Gasteiger partial charge in [0.15, 0.2) is 0 Å². The summed E-state index contributed by atoms with van der Waals surface area (Å²) in [5.41, 5.74) is 0.554. The molecular formula is C10H15N3O3. The zero-order chi connectivity index (χ0) is 12.1. The van der Waals surface area contributed by atoms with Crippen molar-refractivity contribution in [3.05, 3.63) is 27.9 Å². The van der Waals surface area contributed by atoms with E-state index in [1.54, 1.807) is 13.0 Å². The largest absolute Gasteiger partial charge is 0.394 e. The fourth-order valence-electron chi connectivity index (χ4n) is 1.30. The summed E-state index contributed by atoms with van der Waals surface area (Å²) in [7, 11) is 0. The van der Waals surface area contributed by atoms with Gasteiger partial charge in [-0.1, -0.05) is 6.92 Å². The smallest absolute Gasteiger partial charge is 0.290 e. The van der Waals surface area contributed by atoms with E-state index in [0.717, 1.165) is 6.42 Å². The normalized spacial score (nSPS) is 12.2. The quantitative estimate of drug-likeness (QED) is 0.585. The van der Waals surface area contributed by atoms with Crippen LogP contribution < -0.4 is 5.32 Å². The number of aryl methyl sites for hydroxylation is 1. The maximum atomic E-state index is 10.6. The topological polar surface area (TPSA) is 88.3 Å². The Morgan fingerprint density at radius 3 is 2.81 bits per heavy atom. The Labute approximate surface area is 93.5 Å². The summed E-state index contributed by atoms with van der Waals surface area (Å²) >= 11 is 0. The number of aliphatic hydroxyl groups excluding tert-OH is 1. The van der Waals surface area contributed by atoms with Crippen molar-refractivity contribution >= 4 is 11.5 Å². The number of anilines is 1. The van der Waals surface area contributed by atoms with Crippen LogP contribution in [0.4, 0.5) is 11.5 Å². The first-order chi connectivity index (χ1) is 7.58. The summed E-state index contributed by atoms with van der Waals surface area (Å²) in [5, 5.41) is 22.6. The van der Waals surface area contributed by atoms with Crippen molar-refractivity contribution in [1.82, 2.24) is 4.98 Å². The van der Waals surface area contributed by atoms with Crippen molar-refractivity contribution in [2.75, 3.05) is 11.9 Å². The average Bonchev–Trinajstić information content (AvgIpc) is 2.25. The minimum atomic E-state index is -0.463. The van der Waals surface area contributed by atoms with E-state index in [2.05, 4.69) is 10.3 Å². The highest BCUT2D eigenvalue weighted by Gasteiger charge is 2.12. The third-order valence-electron chi connectivity index (χ3n) is 2.35. The molecule has 0 amide bonds. The summed E-state index contributed by atoms with van der Waals surface area (Å²) < 4.78 is 0. The molecular weight excluding hydrogens is 210 g/mol. The summed E-state index contributed by atoms with van der Waals surface area (Å²) in [6.45, 7) is 3.60. The van der Waals surface area contributed by atoms with Gasteiger partial charge in [-0.05, 0) is 19.4 Å². The maximum absolute atomic E-state index is 10.6. The predicted octanol–water partition coefficient (Wildman–Crippen LogP) is 1.48. The van der Waals surface area contributed by atoms with Crippen LogP contribution in [0.5, 0.6) is 0 Å². The molecule has 1 aromatic heterocycles. The Morgan fingerprint density at radius 2 is 2.38 bits per heavy atom. The molecule has 2 N–H and O–H groups in total. The fourth-order valence-corrected chi connectivity index (χ4v) is 1.30. The standard InChI is InChI=1S/C10H15N3O3/c1-3-8(6-14)12-10-4-7(2)9(5-11-10)13(15)16/h4-5,8,14H,3,6H2,1-2H3,(H,11,12). The number of nitrogens with zero attached hydrogens (tertiary/aromatic N) is 2. The molecule has 1 atom stereocenters. The fraction of sp³-hybridized carbons (Fsp3) is 0.500.